The summed E-state index contributed by atoms with van der Waals surface area (Å²) in [5.41, 5.74) is 0.244. The first-order valence-corrected chi connectivity index (χ1v) is 11.5. The highest BCUT2D eigenvalue weighted by atomic mass is 35.5. The zero-order valence-electron chi connectivity index (χ0n) is 16.8. The highest BCUT2D eigenvalue weighted by Crippen LogP contribution is 2.34. The number of hydrogen-bond acceptors (Lipinski definition) is 4. The number of methoxy groups -OCH3 is 1. The van der Waals surface area contributed by atoms with Crippen molar-refractivity contribution >= 4 is 33.2 Å². The molecule has 154 valence electrons. The van der Waals surface area contributed by atoms with Crippen LogP contribution in [-0.2, 0) is 14.8 Å². The zero-order chi connectivity index (χ0) is 20.6. The second kappa shape index (κ2) is 10.8. The first kappa shape index (κ1) is 23.6. The Labute approximate surface area is 168 Å². The number of anilines is 1. The van der Waals surface area contributed by atoms with E-state index in [0.29, 0.717) is 23.2 Å². The van der Waals surface area contributed by atoms with E-state index in [1.54, 1.807) is 19.1 Å². The van der Waals surface area contributed by atoms with E-state index in [4.69, 9.17) is 16.3 Å². The third-order valence-corrected chi connectivity index (χ3v) is 6.04. The van der Waals surface area contributed by atoms with Gasteiger partial charge in [0.05, 0.1) is 19.1 Å². The molecule has 8 heteroatoms. The zero-order valence-corrected chi connectivity index (χ0v) is 18.4. The lowest BCUT2D eigenvalue weighted by atomic mass is 9.99. The number of nitrogens with zero attached hydrogens (tertiary/aromatic N) is 1. The average molecular weight is 419 g/mol. The van der Waals surface area contributed by atoms with Crippen molar-refractivity contribution in [3.8, 4) is 5.75 Å². The smallest absolute Gasteiger partial charge is 0.243 e. The maximum Gasteiger partial charge on any atom is 0.243 e. The molecule has 1 rings (SSSR count). The molecule has 6 nitrogen and oxygen atoms in total. The summed E-state index contributed by atoms with van der Waals surface area (Å²) in [4.78, 5) is 12.7. The lowest BCUT2D eigenvalue weighted by Gasteiger charge is -2.30. The van der Waals surface area contributed by atoms with Gasteiger partial charge >= 0.3 is 0 Å². The Morgan fingerprint density at radius 3 is 2.52 bits per heavy atom. The van der Waals surface area contributed by atoms with Crippen molar-refractivity contribution in [2.24, 2.45) is 5.92 Å². The molecule has 0 spiro atoms. The number of ether oxygens (including phenoxy) is 1. The van der Waals surface area contributed by atoms with Gasteiger partial charge in [-0.1, -0.05) is 44.7 Å². The van der Waals surface area contributed by atoms with E-state index in [9.17, 15) is 13.2 Å². The molecule has 0 aliphatic carbocycles. The van der Waals surface area contributed by atoms with E-state index in [0.717, 1.165) is 36.2 Å². The molecule has 1 amide bonds. The third-order valence-electron chi connectivity index (χ3n) is 4.58. The summed E-state index contributed by atoms with van der Waals surface area (Å²) in [5, 5.41) is 3.26. The second-order valence-corrected chi connectivity index (χ2v) is 9.01. The van der Waals surface area contributed by atoms with Crippen molar-refractivity contribution in [2.75, 3.05) is 24.2 Å². The van der Waals surface area contributed by atoms with Gasteiger partial charge in [0.2, 0.25) is 15.9 Å². The summed E-state index contributed by atoms with van der Waals surface area (Å²) in [7, 11) is -2.29. The van der Waals surface area contributed by atoms with Crippen molar-refractivity contribution in [1.82, 2.24) is 5.32 Å². The molecular weight excluding hydrogens is 388 g/mol. The SMILES string of the molecule is CCCC[C@@H](CC)CNC(=O)[C@H](C)N(c1cc(Cl)ccc1OC)S(C)(=O)=O. The van der Waals surface area contributed by atoms with E-state index < -0.39 is 16.1 Å². The number of sulfonamides is 1. The molecule has 1 aromatic rings. The maximum atomic E-state index is 12.7. The minimum atomic E-state index is -3.74. The quantitative estimate of drug-likeness (QED) is 0.592. The molecule has 0 saturated carbocycles. The number of amides is 1. The first-order chi connectivity index (χ1) is 12.6. The maximum absolute atomic E-state index is 12.7. The van der Waals surface area contributed by atoms with Crippen LogP contribution in [0.1, 0.15) is 46.5 Å². The number of carbonyl (C=O) groups is 1. The summed E-state index contributed by atoms with van der Waals surface area (Å²) < 4.78 is 31.2. The van der Waals surface area contributed by atoms with Crippen LogP contribution >= 0.6 is 11.6 Å². The number of carbonyl (C=O) groups excluding carboxylic acids is 1. The number of hydrogen-bond donors (Lipinski definition) is 1. The molecular formula is C19H31ClN2O4S. The van der Waals surface area contributed by atoms with E-state index >= 15 is 0 Å². The second-order valence-electron chi connectivity index (χ2n) is 6.71. The molecule has 0 unspecified atom stereocenters. The lowest BCUT2D eigenvalue weighted by Crippen LogP contribution is -2.48. The van der Waals surface area contributed by atoms with Gasteiger partial charge in [-0.05, 0) is 37.5 Å². The molecule has 0 aliphatic heterocycles. The van der Waals surface area contributed by atoms with Gasteiger partial charge in [-0.3, -0.25) is 9.10 Å². The van der Waals surface area contributed by atoms with Gasteiger partial charge in [-0.2, -0.15) is 0 Å². The largest absolute Gasteiger partial charge is 0.495 e. The monoisotopic (exact) mass is 418 g/mol. The Balaban J connectivity index is 3.05. The van der Waals surface area contributed by atoms with Gasteiger partial charge in [-0.25, -0.2) is 8.42 Å². The molecule has 0 bridgehead atoms. The number of halogens is 1. The van der Waals surface area contributed by atoms with Crippen molar-refractivity contribution < 1.29 is 17.9 Å². The standard InChI is InChI=1S/C19H31ClN2O4S/c1-6-8-9-15(7-2)13-21-19(23)14(3)22(27(5,24)25)17-12-16(20)10-11-18(17)26-4/h10-12,14-15H,6-9,13H2,1-5H3,(H,21,23)/t14-,15+/m0/s1. The third kappa shape index (κ3) is 6.88. The average Bonchev–Trinajstić information content (AvgIpc) is 2.60. The van der Waals surface area contributed by atoms with Gasteiger partial charge in [0.25, 0.3) is 0 Å². The fourth-order valence-corrected chi connectivity index (χ4v) is 4.29. The molecule has 27 heavy (non-hydrogen) atoms. The van der Waals surface area contributed by atoms with E-state index in [1.807, 2.05) is 0 Å². The fourth-order valence-electron chi connectivity index (χ4n) is 2.95. The van der Waals surface area contributed by atoms with Crippen LogP contribution in [-0.4, -0.2) is 40.3 Å². The van der Waals surface area contributed by atoms with Crippen LogP contribution in [0.15, 0.2) is 18.2 Å². The minimum absolute atomic E-state index is 0.244. The number of unbranched alkanes of at least 4 members (excludes halogenated alkanes) is 1. The lowest BCUT2D eigenvalue weighted by molar-refractivity contribution is -0.122. The van der Waals surface area contributed by atoms with Crippen molar-refractivity contribution in [3.05, 3.63) is 23.2 Å². The number of benzene rings is 1. The van der Waals surface area contributed by atoms with Gasteiger partial charge in [0.15, 0.2) is 0 Å². The van der Waals surface area contributed by atoms with Crippen LogP contribution in [0.3, 0.4) is 0 Å². The Hall–Kier alpha value is -1.47. The highest BCUT2D eigenvalue weighted by Gasteiger charge is 2.31. The minimum Gasteiger partial charge on any atom is -0.495 e. The summed E-state index contributed by atoms with van der Waals surface area (Å²) in [5.74, 6) is 0.366. The first-order valence-electron chi connectivity index (χ1n) is 9.26. The molecule has 0 saturated heterocycles. The van der Waals surface area contributed by atoms with E-state index in [2.05, 4.69) is 19.2 Å². The van der Waals surface area contributed by atoms with Gasteiger partial charge < -0.3 is 10.1 Å². The van der Waals surface area contributed by atoms with Crippen LogP contribution in [0.4, 0.5) is 5.69 Å². The van der Waals surface area contributed by atoms with Crippen LogP contribution in [0.2, 0.25) is 5.02 Å². The highest BCUT2D eigenvalue weighted by molar-refractivity contribution is 7.92. The molecule has 0 fully saturated rings. The normalized spacial score (nSPS) is 13.7. The summed E-state index contributed by atoms with van der Waals surface area (Å²) >= 11 is 6.04. The molecule has 0 radical (unpaired) electrons. The summed E-state index contributed by atoms with van der Waals surface area (Å²) in [6, 6.07) is 3.74. The predicted octanol–water partition coefficient (Wildman–Crippen LogP) is 3.84. The van der Waals surface area contributed by atoms with Crippen molar-refractivity contribution in [2.45, 2.75) is 52.5 Å². The van der Waals surface area contributed by atoms with Crippen LogP contribution in [0.5, 0.6) is 5.75 Å². The summed E-state index contributed by atoms with van der Waals surface area (Å²) in [6.45, 7) is 6.32. The number of rotatable bonds is 11. The fraction of sp³-hybridized carbons (Fsp3) is 0.632. The Morgan fingerprint density at radius 2 is 2.00 bits per heavy atom. The summed E-state index contributed by atoms with van der Waals surface area (Å²) in [6.07, 6.45) is 5.29. The van der Waals surface area contributed by atoms with Gasteiger partial charge in [0.1, 0.15) is 11.8 Å². The molecule has 1 N–H and O–H groups in total. The topological polar surface area (TPSA) is 75.7 Å². The van der Waals surface area contributed by atoms with Gasteiger partial charge in [0, 0.05) is 11.6 Å². The van der Waals surface area contributed by atoms with Crippen LogP contribution in [0, 0.1) is 5.92 Å². The molecule has 0 heterocycles. The van der Waals surface area contributed by atoms with Crippen LogP contribution < -0.4 is 14.4 Å². The molecule has 1 aromatic carbocycles. The van der Waals surface area contributed by atoms with E-state index in [1.165, 1.54) is 13.2 Å². The molecule has 0 aliphatic rings. The van der Waals surface area contributed by atoms with Crippen molar-refractivity contribution in [3.63, 3.8) is 0 Å². The molecule has 0 aromatic heterocycles. The molecule has 2 atom stereocenters. The van der Waals surface area contributed by atoms with Crippen LogP contribution in [0.25, 0.3) is 0 Å². The Bertz CT molecular complexity index is 724. The predicted molar refractivity (Wildman–Crippen MR) is 111 cm³/mol. The Kier molecular flexibility index (Phi) is 9.39. The van der Waals surface area contributed by atoms with Crippen molar-refractivity contribution in [1.29, 1.82) is 0 Å². The van der Waals surface area contributed by atoms with Gasteiger partial charge in [-0.15, -0.1) is 0 Å². The van der Waals surface area contributed by atoms with E-state index in [-0.39, 0.29) is 11.6 Å². The number of nitrogens with one attached hydrogen (secondary N) is 1. The Morgan fingerprint density at radius 1 is 1.33 bits per heavy atom.